The molecule has 0 atom stereocenters. The molecule has 0 aromatic heterocycles. The highest BCUT2D eigenvalue weighted by molar-refractivity contribution is 8.15. The summed E-state index contributed by atoms with van der Waals surface area (Å²) in [5.74, 6) is 0.105. The molecule has 4 nitrogen and oxygen atoms in total. The molecule has 0 saturated carbocycles. The number of amidine groups is 1. The maximum atomic E-state index is 11.5. The van der Waals surface area contributed by atoms with Crippen LogP contribution < -0.4 is 4.90 Å². The minimum atomic E-state index is -3.25. The molecule has 1 aromatic rings. The lowest BCUT2D eigenvalue weighted by atomic mass is 10.1. The van der Waals surface area contributed by atoms with Crippen molar-refractivity contribution in [1.29, 1.82) is 0 Å². The Labute approximate surface area is 118 Å². The van der Waals surface area contributed by atoms with Gasteiger partial charge in [0.25, 0.3) is 10.0 Å². The summed E-state index contributed by atoms with van der Waals surface area (Å²) in [6.07, 6.45) is 3.44. The maximum Gasteiger partial charge on any atom is 0.257 e. The summed E-state index contributed by atoms with van der Waals surface area (Å²) in [4.78, 5) is 3.13. The van der Waals surface area contributed by atoms with E-state index in [9.17, 15) is 8.42 Å². The van der Waals surface area contributed by atoms with Crippen molar-refractivity contribution in [3.8, 4) is 0 Å². The van der Waals surface area contributed by atoms with E-state index < -0.39 is 10.0 Å². The maximum absolute atomic E-state index is 11.5. The number of benzene rings is 1. The van der Waals surface area contributed by atoms with Crippen molar-refractivity contribution in [3.63, 3.8) is 0 Å². The van der Waals surface area contributed by atoms with Gasteiger partial charge in [-0.05, 0) is 42.3 Å². The van der Waals surface area contributed by atoms with Gasteiger partial charge in [-0.1, -0.05) is 19.4 Å². The van der Waals surface area contributed by atoms with Gasteiger partial charge in [-0.3, -0.25) is 0 Å². The highest BCUT2D eigenvalue weighted by atomic mass is 32.2. The Hall–Kier alpha value is -1.01. The fourth-order valence-corrected chi connectivity index (χ4v) is 4.63. The third-order valence-electron chi connectivity index (χ3n) is 3.36. The quantitative estimate of drug-likeness (QED) is 0.860. The van der Waals surface area contributed by atoms with E-state index in [0.717, 1.165) is 17.0 Å². The van der Waals surface area contributed by atoms with E-state index in [4.69, 9.17) is 0 Å². The molecule has 102 valence electrons. The summed E-state index contributed by atoms with van der Waals surface area (Å²) in [5.41, 5.74) is 2.41. The molecule has 2 aliphatic heterocycles. The number of aryl methyl sites for hydroxylation is 1. The third kappa shape index (κ3) is 2.51. The van der Waals surface area contributed by atoms with Gasteiger partial charge in [-0.2, -0.15) is 0 Å². The molecule has 0 N–H and O–H groups in total. The SMILES string of the molecule is CCCCc1ccc2c(c1)SC1=NS(=O)(=O)CCN12. The molecule has 6 heteroatoms. The number of fused-ring (bicyclic) bond motifs is 3. The van der Waals surface area contributed by atoms with Crippen LogP contribution in [0.5, 0.6) is 0 Å². The third-order valence-corrected chi connectivity index (χ3v) is 5.66. The molecular weight excluding hydrogens is 280 g/mol. The molecule has 0 aliphatic carbocycles. The van der Waals surface area contributed by atoms with Crippen LogP contribution in [-0.4, -0.2) is 25.9 Å². The lowest BCUT2D eigenvalue weighted by Crippen LogP contribution is -2.35. The fourth-order valence-electron chi connectivity index (χ4n) is 2.31. The second-order valence-corrected chi connectivity index (χ2v) is 7.58. The number of hydrogen-bond donors (Lipinski definition) is 0. The average Bonchev–Trinajstić information content (AvgIpc) is 2.70. The number of nitrogens with zero attached hydrogens (tertiary/aromatic N) is 2. The minimum Gasteiger partial charge on any atom is -0.318 e. The van der Waals surface area contributed by atoms with Gasteiger partial charge in [0, 0.05) is 11.4 Å². The largest absolute Gasteiger partial charge is 0.318 e. The van der Waals surface area contributed by atoms with E-state index in [0.29, 0.717) is 11.7 Å². The fraction of sp³-hybridized carbons (Fsp3) is 0.462. The standard InChI is InChI=1S/C13H16N2O2S2/c1-2-3-4-10-5-6-11-12(9-10)18-13-14-19(16,17)8-7-15(11)13/h5-6,9H,2-4,7-8H2,1H3. The smallest absolute Gasteiger partial charge is 0.257 e. The number of rotatable bonds is 3. The Balaban J connectivity index is 1.92. The van der Waals surface area contributed by atoms with Crippen molar-refractivity contribution in [1.82, 2.24) is 0 Å². The van der Waals surface area contributed by atoms with E-state index in [2.05, 4.69) is 29.5 Å². The summed E-state index contributed by atoms with van der Waals surface area (Å²) in [6.45, 7) is 2.69. The normalized spacial score (nSPS) is 19.8. The minimum absolute atomic E-state index is 0.105. The summed E-state index contributed by atoms with van der Waals surface area (Å²) < 4.78 is 26.9. The molecule has 2 heterocycles. The van der Waals surface area contributed by atoms with E-state index >= 15 is 0 Å². The number of thioether (sulfide) groups is 1. The average molecular weight is 296 g/mol. The van der Waals surface area contributed by atoms with Crippen molar-refractivity contribution < 1.29 is 8.42 Å². The van der Waals surface area contributed by atoms with Crippen LogP contribution in [-0.2, 0) is 16.4 Å². The lowest BCUT2D eigenvalue weighted by molar-refractivity contribution is 0.596. The van der Waals surface area contributed by atoms with Crippen molar-refractivity contribution in [2.24, 2.45) is 4.40 Å². The van der Waals surface area contributed by atoms with Crippen LogP contribution in [0, 0.1) is 0 Å². The first kappa shape index (κ1) is 13.0. The molecule has 0 bridgehead atoms. The predicted octanol–water partition coefficient (Wildman–Crippen LogP) is 2.64. The zero-order chi connectivity index (χ0) is 13.5. The number of hydrogen-bond acceptors (Lipinski definition) is 4. The zero-order valence-electron chi connectivity index (χ0n) is 10.8. The monoisotopic (exact) mass is 296 g/mol. The van der Waals surface area contributed by atoms with E-state index in [1.807, 2.05) is 4.90 Å². The first-order chi connectivity index (χ1) is 9.09. The zero-order valence-corrected chi connectivity index (χ0v) is 12.4. The van der Waals surface area contributed by atoms with Gasteiger partial charge in [0.15, 0.2) is 5.17 Å². The summed E-state index contributed by atoms with van der Waals surface area (Å²) in [6, 6.07) is 6.40. The Morgan fingerprint density at radius 1 is 1.42 bits per heavy atom. The van der Waals surface area contributed by atoms with Gasteiger partial charge in [-0.25, -0.2) is 8.42 Å². The van der Waals surface area contributed by atoms with Gasteiger partial charge in [0.05, 0.1) is 11.4 Å². The molecule has 0 amide bonds. The van der Waals surface area contributed by atoms with Crippen LogP contribution in [0.2, 0.25) is 0 Å². The summed E-state index contributed by atoms with van der Waals surface area (Å²) >= 11 is 1.47. The predicted molar refractivity (Wildman–Crippen MR) is 79.5 cm³/mol. The highest BCUT2D eigenvalue weighted by Gasteiger charge is 2.32. The number of sulfonamides is 1. The van der Waals surface area contributed by atoms with Crippen LogP contribution in [0.15, 0.2) is 27.5 Å². The van der Waals surface area contributed by atoms with E-state index in [-0.39, 0.29) is 5.75 Å². The van der Waals surface area contributed by atoms with Gasteiger partial charge in [-0.15, -0.1) is 4.40 Å². The van der Waals surface area contributed by atoms with Crippen LogP contribution in [0.25, 0.3) is 0 Å². The molecule has 0 spiro atoms. The highest BCUT2D eigenvalue weighted by Crippen LogP contribution is 2.42. The Morgan fingerprint density at radius 3 is 3.05 bits per heavy atom. The topological polar surface area (TPSA) is 49.7 Å². The van der Waals surface area contributed by atoms with Crippen LogP contribution in [0.4, 0.5) is 5.69 Å². The molecule has 3 rings (SSSR count). The molecule has 2 aliphatic rings. The molecular formula is C13H16N2O2S2. The van der Waals surface area contributed by atoms with Gasteiger partial charge in [0.2, 0.25) is 0 Å². The van der Waals surface area contributed by atoms with Crippen molar-refractivity contribution >= 4 is 32.6 Å². The first-order valence-electron chi connectivity index (χ1n) is 6.50. The second kappa shape index (κ2) is 4.83. The number of unbranched alkanes of at least 4 members (excludes halogenated alkanes) is 1. The molecule has 0 radical (unpaired) electrons. The van der Waals surface area contributed by atoms with Gasteiger partial charge in [0.1, 0.15) is 0 Å². The Morgan fingerprint density at radius 2 is 2.26 bits per heavy atom. The lowest BCUT2D eigenvalue weighted by Gasteiger charge is -2.22. The summed E-state index contributed by atoms with van der Waals surface area (Å²) in [7, 11) is -3.25. The van der Waals surface area contributed by atoms with Crippen LogP contribution in [0.3, 0.4) is 0 Å². The Kier molecular flexibility index (Phi) is 3.30. The van der Waals surface area contributed by atoms with E-state index in [1.165, 1.54) is 30.2 Å². The van der Waals surface area contributed by atoms with Crippen LogP contribution >= 0.6 is 11.8 Å². The van der Waals surface area contributed by atoms with Gasteiger partial charge < -0.3 is 4.90 Å². The van der Waals surface area contributed by atoms with Crippen molar-refractivity contribution in [3.05, 3.63) is 23.8 Å². The second-order valence-electron chi connectivity index (χ2n) is 4.82. The van der Waals surface area contributed by atoms with Gasteiger partial charge >= 0.3 is 0 Å². The van der Waals surface area contributed by atoms with Crippen molar-refractivity contribution in [2.45, 2.75) is 31.1 Å². The van der Waals surface area contributed by atoms with Crippen molar-refractivity contribution in [2.75, 3.05) is 17.2 Å². The summed E-state index contributed by atoms with van der Waals surface area (Å²) in [5, 5.41) is 0.605. The Bertz CT molecular complexity index is 638. The molecule has 0 fully saturated rings. The molecule has 1 aromatic carbocycles. The molecule has 0 saturated heterocycles. The molecule has 19 heavy (non-hydrogen) atoms. The molecule has 0 unspecified atom stereocenters. The van der Waals surface area contributed by atoms with E-state index in [1.54, 1.807) is 0 Å². The first-order valence-corrected chi connectivity index (χ1v) is 8.92. The number of anilines is 1. The van der Waals surface area contributed by atoms with Crippen LogP contribution in [0.1, 0.15) is 25.3 Å².